The lowest BCUT2D eigenvalue weighted by Crippen LogP contribution is -2.41. The number of carbonyl (C=O) groups excluding carboxylic acids is 1. The first-order valence-corrected chi connectivity index (χ1v) is 8.25. The second-order valence-corrected chi connectivity index (χ2v) is 6.98. The maximum Gasteiger partial charge on any atom is 0.314 e. The highest BCUT2D eigenvalue weighted by Crippen LogP contribution is 2.47. The fraction of sp³-hybridized carbons (Fsp3) is 0.588. The molecule has 22 heavy (non-hydrogen) atoms. The summed E-state index contributed by atoms with van der Waals surface area (Å²) in [6.45, 7) is 5.00. The minimum absolute atomic E-state index is 0.0765. The molecular weight excluding hydrogens is 300 g/mol. The van der Waals surface area contributed by atoms with Crippen LogP contribution in [0.15, 0.2) is 24.3 Å². The van der Waals surface area contributed by atoms with E-state index in [2.05, 4.69) is 10.6 Å². The fourth-order valence-electron chi connectivity index (χ4n) is 2.77. The number of hydrogen-bond donors (Lipinski definition) is 3. The second kappa shape index (κ2) is 7.34. The Morgan fingerprint density at radius 3 is 2.45 bits per heavy atom. The van der Waals surface area contributed by atoms with Gasteiger partial charge in [-0.15, -0.1) is 0 Å². The number of aliphatic hydroxyl groups excluding tert-OH is 1. The zero-order valence-electron chi connectivity index (χ0n) is 13.2. The van der Waals surface area contributed by atoms with Crippen molar-refractivity contribution in [1.82, 2.24) is 10.6 Å². The summed E-state index contributed by atoms with van der Waals surface area (Å²) in [7, 11) is 0. The van der Waals surface area contributed by atoms with Crippen molar-refractivity contribution in [3.63, 3.8) is 0 Å². The molecule has 5 heteroatoms. The zero-order chi connectivity index (χ0) is 16.2. The number of aliphatic hydroxyl groups is 1. The van der Waals surface area contributed by atoms with Crippen LogP contribution in [0.1, 0.15) is 38.7 Å². The molecule has 1 aliphatic carbocycles. The van der Waals surface area contributed by atoms with E-state index >= 15 is 0 Å². The number of hydrogen-bond acceptors (Lipinski definition) is 2. The Bertz CT molecular complexity index is 498. The minimum Gasteiger partial charge on any atom is -0.393 e. The molecule has 0 bridgehead atoms. The van der Waals surface area contributed by atoms with Crippen LogP contribution in [0.25, 0.3) is 0 Å². The first-order valence-electron chi connectivity index (χ1n) is 7.87. The molecule has 0 saturated heterocycles. The summed E-state index contributed by atoms with van der Waals surface area (Å²) < 4.78 is 0. The van der Waals surface area contributed by atoms with Crippen molar-refractivity contribution in [2.45, 2.75) is 44.6 Å². The molecule has 2 amide bonds. The molecule has 1 saturated carbocycles. The molecule has 0 spiro atoms. The van der Waals surface area contributed by atoms with Crippen LogP contribution >= 0.6 is 11.6 Å². The normalized spacial score (nSPS) is 18.4. The van der Waals surface area contributed by atoms with Crippen LogP contribution < -0.4 is 10.6 Å². The van der Waals surface area contributed by atoms with E-state index in [4.69, 9.17) is 11.6 Å². The summed E-state index contributed by atoms with van der Waals surface area (Å²) in [6, 6.07) is 7.74. The molecule has 1 aromatic carbocycles. The first kappa shape index (κ1) is 17.1. The SMILES string of the molecule is CC(O)CC(C)CNC(=O)NCC1(c2ccc(Cl)cc2)CC1. The Morgan fingerprint density at radius 2 is 1.91 bits per heavy atom. The Hall–Kier alpha value is -1.26. The Morgan fingerprint density at radius 1 is 1.27 bits per heavy atom. The smallest absolute Gasteiger partial charge is 0.314 e. The number of benzene rings is 1. The average molecular weight is 325 g/mol. The van der Waals surface area contributed by atoms with Crippen LogP contribution in [0.3, 0.4) is 0 Å². The maximum atomic E-state index is 11.9. The quantitative estimate of drug-likeness (QED) is 0.722. The monoisotopic (exact) mass is 324 g/mol. The number of carbonyl (C=O) groups is 1. The highest BCUT2D eigenvalue weighted by molar-refractivity contribution is 6.30. The van der Waals surface area contributed by atoms with Crippen LogP contribution in [-0.4, -0.2) is 30.3 Å². The Balaban J connectivity index is 1.75. The van der Waals surface area contributed by atoms with Gasteiger partial charge in [-0.3, -0.25) is 0 Å². The van der Waals surface area contributed by atoms with Gasteiger partial charge in [-0.2, -0.15) is 0 Å². The standard InChI is InChI=1S/C17H25ClN2O2/c1-12(9-13(2)21)10-19-16(22)20-11-17(7-8-17)14-3-5-15(18)6-4-14/h3-6,12-13,21H,7-11H2,1-2H3,(H2,19,20,22). The highest BCUT2D eigenvalue weighted by atomic mass is 35.5. The zero-order valence-corrected chi connectivity index (χ0v) is 14.0. The van der Waals surface area contributed by atoms with Gasteiger partial charge in [0.05, 0.1) is 6.10 Å². The molecule has 122 valence electrons. The average Bonchev–Trinajstić information content (AvgIpc) is 3.24. The van der Waals surface area contributed by atoms with E-state index < -0.39 is 0 Å². The number of nitrogens with one attached hydrogen (secondary N) is 2. The predicted octanol–water partition coefficient (Wildman–Crippen LogP) is 3.08. The van der Waals surface area contributed by atoms with Crippen molar-refractivity contribution in [1.29, 1.82) is 0 Å². The topological polar surface area (TPSA) is 61.4 Å². The van der Waals surface area contributed by atoms with Crippen molar-refractivity contribution < 1.29 is 9.90 Å². The van der Waals surface area contributed by atoms with Crippen LogP contribution in [0.2, 0.25) is 5.02 Å². The van der Waals surface area contributed by atoms with Gasteiger partial charge in [0.25, 0.3) is 0 Å². The molecule has 1 fully saturated rings. The van der Waals surface area contributed by atoms with Crippen molar-refractivity contribution in [3.8, 4) is 0 Å². The number of amides is 2. The molecule has 0 heterocycles. The van der Waals surface area contributed by atoms with E-state index in [-0.39, 0.29) is 23.5 Å². The van der Waals surface area contributed by atoms with Crippen molar-refractivity contribution in [3.05, 3.63) is 34.9 Å². The predicted molar refractivity (Wildman–Crippen MR) is 89.2 cm³/mol. The van der Waals surface area contributed by atoms with Crippen LogP contribution in [0.5, 0.6) is 0 Å². The third kappa shape index (κ3) is 4.89. The van der Waals surface area contributed by atoms with Crippen molar-refractivity contribution >= 4 is 17.6 Å². The van der Waals surface area contributed by atoms with Gasteiger partial charge < -0.3 is 15.7 Å². The summed E-state index contributed by atoms with van der Waals surface area (Å²) in [4.78, 5) is 11.9. The summed E-state index contributed by atoms with van der Waals surface area (Å²) in [5, 5.41) is 15.9. The molecule has 2 unspecified atom stereocenters. The number of halogens is 1. The Kier molecular flexibility index (Phi) is 5.70. The maximum absolute atomic E-state index is 11.9. The van der Waals surface area contributed by atoms with E-state index in [9.17, 15) is 9.90 Å². The lowest BCUT2D eigenvalue weighted by molar-refractivity contribution is 0.163. The van der Waals surface area contributed by atoms with Gasteiger partial charge in [-0.25, -0.2) is 4.79 Å². The van der Waals surface area contributed by atoms with E-state index in [0.29, 0.717) is 19.5 Å². The van der Waals surface area contributed by atoms with Crippen molar-refractivity contribution in [2.24, 2.45) is 5.92 Å². The van der Waals surface area contributed by atoms with Gasteiger partial charge in [0.15, 0.2) is 0 Å². The van der Waals surface area contributed by atoms with Crippen LogP contribution in [0, 0.1) is 5.92 Å². The second-order valence-electron chi connectivity index (χ2n) is 6.54. The minimum atomic E-state index is -0.334. The molecule has 0 radical (unpaired) electrons. The van der Waals surface area contributed by atoms with Gasteiger partial charge in [0.1, 0.15) is 0 Å². The summed E-state index contributed by atoms with van der Waals surface area (Å²) in [6.07, 6.45) is 2.54. The molecule has 1 aromatic rings. The van der Waals surface area contributed by atoms with Gasteiger partial charge in [-0.05, 0) is 49.8 Å². The molecule has 2 atom stereocenters. The van der Waals surface area contributed by atoms with Crippen LogP contribution in [0.4, 0.5) is 4.79 Å². The molecule has 2 rings (SSSR count). The van der Waals surface area contributed by atoms with Gasteiger partial charge in [0, 0.05) is 23.5 Å². The molecule has 4 nitrogen and oxygen atoms in total. The molecule has 1 aliphatic rings. The van der Waals surface area contributed by atoms with E-state index in [0.717, 1.165) is 17.9 Å². The molecule has 0 aliphatic heterocycles. The number of rotatable bonds is 7. The summed E-state index contributed by atoms with van der Waals surface area (Å²) in [5.41, 5.74) is 1.31. The van der Waals surface area contributed by atoms with Gasteiger partial charge in [-0.1, -0.05) is 30.7 Å². The van der Waals surface area contributed by atoms with E-state index in [1.54, 1.807) is 6.92 Å². The first-order chi connectivity index (χ1) is 10.4. The van der Waals surface area contributed by atoms with Gasteiger partial charge >= 0.3 is 6.03 Å². The van der Waals surface area contributed by atoms with Gasteiger partial charge in [0.2, 0.25) is 0 Å². The van der Waals surface area contributed by atoms with Crippen molar-refractivity contribution in [2.75, 3.05) is 13.1 Å². The fourth-order valence-corrected chi connectivity index (χ4v) is 2.89. The highest BCUT2D eigenvalue weighted by Gasteiger charge is 2.44. The molecule has 0 aromatic heterocycles. The molecular formula is C17H25ClN2O2. The van der Waals surface area contributed by atoms with E-state index in [1.807, 2.05) is 31.2 Å². The van der Waals surface area contributed by atoms with E-state index in [1.165, 1.54) is 5.56 Å². The lowest BCUT2D eigenvalue weighted by Gasteiger charge is -2.18. The lowest BCUT2D eigenvalue weighted by atomic mass is 9.96. The summed E-state index contributed by atoms with van der Waals surface area (Å²) >= 11 is 5.92. The molecule has 3 N–H and O–H groups in total. The largest absolute Gasteiger partial charge is 0.393 e. The summed E-state index contributed by atoms with van der Waals surface area (Å²) in [5.74, 6) is 0.261. The third-order valence-electron chi connectivity index (χ3n) is 4.25. The number of urea groups is 1. The third-order valence-corrected chi connectivity index (χ3v) is 4.50. The van der Waals surface area contributed by atoms with Crippen LogP contribution in [-0.2, 0) is 5.41 Å². The Labute approximate surface area is 137 Å².